The first-order valence-corrected chi connectivity index (χ1v) is 8.18. The van der Waals surface area contributed by atoms with Crippen molar-refractivity contribution in [2.45, 2.75) is 45.3 Å². The van der Waals surface area contributed by atoms with Crippen LogP contribution in [0.3, 0.4) is 0 Å². The molecule has 1 fully saturated rings. The molecule has 1 aliphatic heterocycles. The van der Waals surface area contributed by atoms with Gasteiger partial charge in [0.15, 0.2) is 0 Å². The summed E-state index contributed by atoms with van der Waals surface area (Å²) in [5, 5.41) is 3.42. The number of piperidine rings is 1. The molecule has 17 heavy (non-hydrogen) atoms. The van der Waals surface area contributed by atoms with Crippen LogP contribution < -0.4 is 5.32 Å². The molecule has 3 nitrogen and oxygen atoms in total. The average Bonchev–Trinajstić information content (AvgIpc) is 2.31. The van der Waals surface area contributed by atoms with E-state index in [-0.39, 0.29) is 0 Å². The van der Waals surface area contributed by atoms with Crippen LogP contribution in [-0.4, -0.2) is 55.4 Å². The van der Waals surface area contributed by atoms with Crippen LogP contribution in [0, 0.1) is 0 Å². The second kappa shape index (κ2) is 9.20. The Morgan fingerprint density at radius 2 is 2.06 bits per heavy atom. The van der Waals surface area contributed by atoms with E-state index in [0.29, 0.717) is 12.1 Å². The van der Waals surface area contributed by atoms with Gasteiger partial charge < -0.3 is 10.1 Å². The lowest BCUT2D eigenvalue weighted by atomic mass is 10.1. The number of ether oxygens (including phenoxy) is 1. The monoisotopic (exact) mass is 260 g/mol. The smallest absolute Gasteiger partial charge is 0.0599 e. The molecule has 4 heteroatoms. The van der Waals surface area contributed by atoms with Gasteiger partial charge in [-0.1, -0.05) is 13.8 Å². The Hall–Kier alpha value is 0.230. The molecule has 0 unspecified atom stereocenters. The van der Waals surface area contributed by atoms with Crippen molar-refractivity contribution >= 4 is 11.8 Å². The second-order valence-electron chi connectivity index (χ2n) is 5.07. The van der Waals surface area contributed by atoms with Gasteiger partial charge in [-0.05, 0) is 32.1 Å². The van der Waals surface area contributed by atoms with Gasteiger partial charge in [0.2, 0.25) is 0 Å². The van der Waals surface area contributed by atoms with Crippen LogP contribution >= 0.6 is 11.8 Å². The Bertz CT molecular complexity index is 182. The van der Waals surface area contributed by atoms with Gasteiger partial charge in [-0.25, -0.2) is 0 Å². The van der Waals surface area contributed by atoms with E-state index in [4.69, 9.17) is 4.74 Å². The zero-order valence-electron chi connectivity index (χ0n) is 11.6. The lowest BCUT2D eigenvalue weighted by molar-refractivity contribution is 0.0104. The number of thioether (sulfide) groups is 1. The van der Waals surface area contributed by atoms with E-state index in [2.05, 4.69) is 30.3 Å². The van der Waals surface area contributed by atoms with Crippen molar-refractivity contribution < 1.29 is 4.74 Å². The Kier molecular flexibility index (Phi) is 8.27. The van der Waals surface area contributed by atoms with E-state index in [9.17, 15) is 0 Å². The van der Waals surface area contributed by atoms with Gasteiger partial charge in [0, 0.05) is 31.6 Å². The fraction of sp³-hybridized carbons (Fsp3) is 1.00. The van der Waals surface area contributed by atoms with Crippen LogP contribution in [0.15, 0.2) is 0 Å². The van der Waals surface area contributed by atoms with E-state index in [0.717, 1.165) is 19.6 Å². The molecule has 1 N–H and O–H groups in total. The number of hydrogen-bond donors (Lipinski definition) is 1. The number of nitrogens with zero attached hydrogens (tertiary/aromatic N) is 1. The van der Waals surface area contributed by atoms with E-state index in [1.54, 1.807) is 0 Å². The number of likely N-dealkylation sites (tertiary alicyclic amines) is 1. The summed E-state index contributed by atoms with van der Waals surface area (Å²) < 4.78 is 5.92. The summed E-state index contributed by atoms with van der Waals surface area (Å²) in [5.41, 5.74) is 0. The van der Waals surface area contributed by atoms with Crippen LogP contribution in [0.4, 0.5) is 0 Å². The zero-order chi connectivity index (χ0) is 12.5. The molecule has 0 bridgehead atoms. The van der Waals surface area contributed by atoms with Crippen molar-refractivity contribution in [2.24, 2.45) is 0 Å². The molecule has 1 heterocycles. The first kappa shape index (κ1) is 15.3. The topological polar surface area (TPSA) is 24.5 Å². The van der Waals surface area contributed by atoms with Crippen molar-refractivity contribution in [3.63, 3.8) is 0 Å². The standard InChI is InChI=1S/C13H28N2OS/c1-12(2)14-7-4-10-16-13-5-8-15(9-6-13)11-17-3/h12-14H,4-11H2,1-3H3. The Balaban J connectivity index is 1.95. The first-order chi connectivity index (χ1) is 8.22. The SMILES string of the molecule is CSCN1CCC(OCCCNC(C)C)CC1. The molecule has 0 aromatic rings. The molecule has 102 valence electrons. The van der Waals surface area contributed by atoms with Crippen molar-refractivity contribution in [1.82, 2.24) is 10.2 Å². The summed E-state index contributed by atoms with van der Waals surface area (Å²) >= 11 is 1.91. The van der Waals surface area contributed by atoms with Gasteiger partial charge in [0.1, 0.15) is 0 Å². The highest BCUT2D eigenvalue weighted by atomic mass is 32.2. The predicted molar refractivity (Wildman–Crippen MR) is 76.7 cm³/mol. The van der Waals surface area contributed by atoms with Crippen molar-refractivity contribution in [3.8, 4) is 0 Å². The molecule has 0 saturated carbocycles. The van der Waals surface area contributed by atoms with Crippen molar-refractivity contribution in [1.29, 1.82) is 0 Å². The highest BCUT2D eigenvalue weighted by Gasteiger charge is 2.18. The number of hydrogen-bond acceptors (Lipinski definition) is 4. The van der Waals surface area contributed by atoms with Crippen LogP contribution in [0.2, 0.25) is 0 Å². The molecular formula is C13H28N2OS. The molecule has 0 radical (unpaired) electrons. The highest BCUT2D eigenvalue weighted by molar-refractivity contribution is 7.98. The molecule has 0 spiro atoms. The third-order valence-corrected chi connectivity index (χ3v) is 3.70. The fourth-order valence-electron chi connectivity index (χ4n) is 2.10. The minimum atomic E-state index is 0.507. The highest BCUT2D eigenvalue weighted by Crippen LogP contribution is 2.15. The predicted octanol–water partition coefficient (Wildman–Crippen LogP) is 2.18. The third kappa shape index (κ3) is 7.29. The van der Waals surface area contributed by atoms with Gasteiger partial charge in [0.25, 0.3) is 0 Å². The van der Waals surface area contributed by atoms with Gasteiger partial charge in [-0.15, -0.1) is 11.8 Å². The summed E-state index contributed by atoms with van der Waals surface area (Å²) in [6.45, 7) is 8.76. The largest absolute Gasteiger partial charge is 0.378 e. The summed E-state index contributed by atoms with van der Waals surface area (Å²) in [7, 11) is 0. The molecule has 0 aliphatic carbocycles. The summed E-state index contributed by atoms with van der Waals surface area (Å²) in [6, 6.07) is 0.588. The Labute approximate surface area is 111 Å². The average molecular weight is 260 g/mol. The molecule has 1 saturated heterocycles. The Morgan fingerprint density at radius 1 is 1.35 bits per heavy atom. The number of nitrogens with one attached hydrogen (secondary N) is 1. The maximum atomic E-state index is 5.92. The maximum Gasteiger partial charge on any atom is 0.0599 e. The lowest BCUT2D eigenvalue weighted by Gasteiger charge is -2.31. The van der Waals surface area contributed by atoms with Crippen molar-refractivity contribution in [2.75, 3.05) is 38.4 Å². The zero-order valence-corrected chi connectivity index (χ0v) is 12.4. The maximum absolute atomic E-state index is 5.92. The van der Waals surface area contributed by atoms with E-state index in [1.807, 2.05) is 11.8 Å². The molecule has 0 aromatic heterocycles. The van der Waals surface area contributed by atoms with E-state index < -0.39 is 0 Å². The third-order valence-electron chi connectivity index (χ3n) is 3.07. The lowest BCUT2D eigenvalue weighted by Crippen LogP contribution is -2.37. The minimum absolute atomic E-state index is 0.507. The van der Waals surface area contributed by atoms with Crippen LogP contribution in [0.1, 0.15) is 33.1 Å². The Morgan fingerprint density at radius 3 is 2.65 bits per heavy atom. The molecule has 1 rings (SSSR count). The van der Waals surface area contributed by atoms with Gasteiger partial charge >= 0.3 is 0 Å². The first-order valence-electron chi connectivity index (χ1n) is 6.78. The second-order valence-corrected chi connectivity index (χ2v) is 5.90. The van der Waals surface area contributed by atoms with Crippen LogP contribution in [0.5, 0.6) is 0 Å². The normalized spacial score (nSPS) is 19.1. The van der Waals surface area contributed by atoms with Gasteiger partial charge in [-0.2, -0.15) is 0 Å². The van der Waals surface area contributed by atoms with Gasteiger partial charge in [-0.3, -0.25) is 4.90 Å². The van der Waals surface area contributed by atoms with Crippen LogP contribution in [0.25, 0.3) is 0 Å². The molecule has 0 amide bonds. The fourth-order valence-corrected chi connectivity index (χ4v) is 2.72. The molecule has 0 aromatic carbocycles. The van der Waals surface area contributed by atoms with Gasteiger partial charge in [0.05, 0.1) is 6.10 Å². The summed E-state index contributed by atoms with van der Waals surface area (Å²) in [5.74, 6) is 1.17. The number of rotatable bonds is 8. The minimum Gasteiger partial charge on any atom is -0.378 e. The quantitative estimate of drug-likeness (QED) is 0.676. The van der Waals surface area contributed by atoms with E-state index in [1.165, 1.54) is 31.8 Å². The molecule has 0 atom stereocenters. The summed E-state index contributed by atoms with van der Waals surface area (Å²) in [4.78, 5) is 2.52. The van der Waals surface area contributed by atoms with E-state index >= 15 is 0 Å². The van der Waals surface area contributed by atoms with Crippen molar-refractivity contribution in [3.05, 3.63) is 0 Å². The summed E-state index contributed by atoms with van der Waals surface area (Å²) in [6.07, 6.45) is 6.22. The molecule has 1 aliphatic rings. The van der Waals surface area contributed by atoms with Crippen LogP contribution in [-0.2, 0) is 4.74 Å². The molecular weight excluding hydrogens is 232 g/mol.